The molecule has 0 radical (unpaired) electrons. The highest BCUT2D eigenvalue weighted by Crippen LogP contribution is 2.34. The van der Waals surface area contributed by atoms with Gasteiger partial charge >= 0.3 is 6.18 Å². The molecule has 1 aromatic heterocycles. The summed E-state index contributed by atoms with van der Waals surface area (Å²) in [6.07, 6.45) is -1.45. The highest BCUT2D eigenvalue weighted by Gasteiger charge is 2.33. The van der Waals surface area contributed by atoms with Gasteiger partial charge in [0.2, 0.25) is 0 Å². The predicted molar refractivity (Wildman–Crippen MR) is 73.1 cm³/mol. The lowest BCUT2D eigenvalue weighted by molar-refractivity contribution is -0.136. The van der Waals surface area contributed by atoms with E-state index in [0.717, 1.165) is 25.3 Å². The Kier molecular flexibility index (Phi) is 3.39. The smallest absolute Gasteiger partial charge is 0.350 e. The number of carbonyl (C=O) groups excluding carboxylic acids is 1. The largest absolute Gasteiger partial charge is 0.418 e. The summed E-state index contributed by atoms with van der Waals surface area (Å²) < 4.78 is 38.9. The van der Waals surface area contributed by atoms with Gasteiger partial charge in [-0.15, -0.1) is 0 Å². The number of halogens is 3. The van der Waals surface area contributed by atoms with Crippen LogP contribution in [0.3, 0.4) is 0 Å². The molecule has 1 fully saturated rings. The second-order valence-electron chi connectivity index (χ2n) is 5.30. The van der Waals surface area contributed by atoms with Crippen molar-refractivity contribution in [2.75, 3.05) is 13.1 Å². The molecule has 2 aromatic rings. The van der Waals surface area contributed by atoms with Crippen LogP contribution in [0.4, 0.5) is 13.2 Å². The van der Waals surface area contributed by atoms with Gasteiger partial charge in [-0.3, -0.25) is 4.79 Å². The summed E-state index contributed by atoms with van der Waals surface area (Å²) in [6.45, 7) is 1.33. The topological polar surface area (TPSA) is 36.1 Å². The van der Waals surface area contributed by atoms with Gasteiger partial charge in [-0.2, -0.15) is 13.2 Å². The van der Waals surface area contributed by atoms with E-state index in [4.69, 9.17) is 0 Å². The summed E-state index contributed by atoms with van der Waals surface area (Å²) in [5.74, 6) is -0.223. The number of hydrogen-bond acceptors (Lipinski definition) is 1. The Morgan fingerprint density at radius 3 is 2.52 bits per heavy atom. The van der Waals surface area contributed by atoms with E-state index < -0.39 is 11.7 Å². The van der Waals surface area contributed by atoms with Crippen LogP contribution in [0.5, 0.6) is 0 Å². The molecule has 2 heterocycles. The van der Waals surface area contributed by atoms with E-state index in [0.29, 0.717) is 18.5 Å². The monoisotopic (exact) mass is 296 g/mol. The van der Waals surface area contributed by atoms with Gasteiger partial charge in [-0.1, -0.05) is 12.1 Å². The van der Waals surface area contributed by atoms with Crippen molar-refractivity contribution >= 4 is 16.8 Å². The molecule has 0 atom stereocenters. The fourth-order valence-corrected chi connectivity index (χ4v) is 2.77. The molecule has 3 rings (SSSR count). The third-order valence-corrected chi connectivity index (χ3v) is 3.84. The van der Waals surface area contributed by atoms with Crippen molar-refractivity contribution < 1.29 is 18.0 Å². The average molecular weight is 296 g/mol. The average Bonchev–Trinajstić information content (AvgIpc) is 2.90. The Morgan fingerprint density at radius 1 is 1.14 bits per heavy atom. The minimum atomic E-state index is -4.43. The molecule has 0 unspecified atom stereocenters. The second kappa shape index (κ2) is 5.09. The Bertz CT molecular complexity index is 669. The zero-order valence-corrected chi connectivity index (χ0v) is 11.3. The standard InChI is InChI=1S/C15H15F3N2O/c16-15(17,18)11-6-4-5-10-9-12(19-13(10)11)14(21)20-7-2-1-3-8-20/h4-6,9,19H,1-3,7-8H2. The first-order valence-corrected chi connectivity index (χ1v) is 6.95. The number of nitrogens with zero attached hydrogens (tertiary/aromatic N) is 1. The molecule has 0 aliphatic carbocycles. The second-order valence-corrected chi connectivity index (χ2v) is 5.30. The van der Waals surface area contributed by atoms with Crippen molar-refractivity contribution in [3.05, 3.63) is 35.5 Å². The number of carbonyl (C=O) groups is 1. The Morgan fingerprint density at radius 2 is 1.86 bits per heavy atom. The van der Waals surface area contributed by atoms with Crippen molar-refractivity contribution in [2.45, 2.75) is 25.4 Å². The molecule has 3 nitrogen and oxygen atoms in total. The third-order valence-electron chi connectivity index (χ3n) is 3.84. The van der Waals surface area contributed by atoms with Crippen LogP contribution in [0, 0.1) is 0 Å². The highest BCUT2D eigenvalue weighted by atomic mass is 19.4. The summed E-state index contributed by atoms with van der Waals surface area (Å²) in [6, 6.07) is 5.46. The molecule has 1 N–H and O–H groups in total. The van der Waals surface area contributed by atoms with Gasteiger partial charge in [-0.05, 0) is 31.4 Å². The van der Waals surface area contributed by atoms with E-state index >= 15 is 0 Å². The van der Waals surface area contributed by atoms with Crippen LogP contribution in [-0.4, -0.2) is 28.9 Å². The molecule has 1 saturated heterocycles. The van der Waals surface area contributed by atoms with E-state index in [2.05, 4.69) is 4.98 Å². The Balaban J connectivity index is 1.99. The van der Waals surface area contributed by atoms with Gasteiger partial charge in [0.1, 0.15) is 5.69 Å². The van der Waals surface area contributed by atoms with Gasteiger partial charge in [0, 0.05) is 18.5 Å². The number of fused-ring (bicyclic) bond motifs is 1. The molecule has 0 spiro atoms. The van der Waals surface area contributed by atoms with E-state index in [1.807, 2.05) is 0 Å². The zero-order chi connectivity index (χ0) is 15.0. The summed E-state index contributed by atoms with van der Waals surface area (Å²) >= 11 is 0. The van der Waals surface area contributed by atoms with Crippen molar-refractivity contribution in [1.29, 1.82) is 0 Å². The minimum Gasteiger partial charge on any atom is -0.350 e. The molecule has 1 aromatic carbocycles. The number of rotatable bonds is 1. The van der Waals surface area contributed by atoms with Crippen molar-refractivity contribution in [1.82, 2.24) is 9.88 Å². The number of piperidine rings is 1. The van der Waals surface area contributed by atoms with Crippen LogP contribution in [-0.2, 0) is 6.18 Å². The van der Waals surface area contributed by atoms with Crippen molar-refractivity contribution in [3.63, 3.8) is 0 Å². The van der Waals surface area contributed by atoms with Gasteiger partial charge < -0.3 is 9.88 Å². The number of para-hydroxylation sites is 1. The maximum atomic E-state index is 13.0. The van der Waals surface area contributed by atoms with Gasteiger partial charge in [0.15, 0.2) is 0 Å². The molecule has 1 amide bonds. The first kappa shape index (κ1) is 14.0. The molecular formula is C15H15F3N2O. The zero-order valence-electron chi connectivity index (χ0n) is 11.3. The molecule has 1 aliphatic rings. The summed E-state index contributed by atoms with van der Waals surface area (Å²) in [5.41, 5.74) is -0.536. The van der Waals surface area contributed by atoms with Crippen LogP contribution < -0.4 is 0 Å². The van der Waals surface area contributed by atoms with Crippen LogP contribution in [0.2, 0.25) is 0 Å². The fourth-order valence-electron chi connectivity index (χ4n) is 2.77. The lowest BCUT2D eigenvalue weighted by atomic mass is 10.1. The fraction of sp³-hybridized carbons (Fsp3) is 0.400. The normalized spacial score (nSPS) is 16.4. The van der Waals surface area contributed by atoms with Crippen LogP contribution >= 0.6 is 0 Å². The number of nitrogens with one attached hydrogen (secondary N) is 1. The van der Waals surface area contributed by atoms with Crippen LogP contribution in [0.15, 0.2) is 24.3 Å². The number of likely N-dealkylation sites (tertiary alicyclic amines) is 1. The quantitative estimate of drug-likeness (QED) is 0.853. The molecule has 1 aliphatic heterocycles. The highest BCUT2D eigenvalue weighted by molar-refractivity contribution is 5.98. The summed E-state index contributed by atoms with van der Waals surface area (Å²) in [7, 11) is 0. The van der Waals surface area contributed by atoms with E-state index in [9.17, 15) is 18.0 Å². The first-order chi connectivity index (χ1) is 9.97. The number of H-pyrrole nitrogens is 1. The van der Waals surface area contributed by atoms with Crippen molar-refractivity contribution in [3.8, 4) is 0 Å². The Hall–Kier alpha value is -1.98. The lowest BCUT2D eigenvalue weighted by Crippen LogP contribution is -2.35. The molecular weight excluding hydrogens is 281 g/mol. The van der Waals surface area contributed by atoms with Crippen molar-refractivity contribution in [2.24, 2.45) is 0 Å². The van der Waals surface area contributed by atoms with E-state index in [1.54, 1.807) is 11.0 Å². The van der Waals surface area contributed by atoms with Gasteiger partial charge in [0.05, 0.1) is 11.1 Å². The first-order valence-electron chi connectivity index (χ1n) is 6.95. The predicted octanol–water partition coefficient (Wildman–Crippen LogP) is 3.81. The summed E-state index contributed by atoms with van der Waals surface area (Å²) in [4.78, 5) is 16.7. The lowest BCUT2D eigenvalue weighted by Gasteiger charge is -2.26. The van der Waals surface area contributed by atoms with E-state index in [-0.39, 0.29) is 17.1 Å². The number of alkyl halides is 3. The van der Waals surface area contributed by atoms with E-state index in [1.165, 1.54) is 12.1 Å². The summed E-state index contributed by atoms with van der Waals surface area (Å²) in [5, 5.41) is 0.408. The minimum absolute atomic E-state index is 0.0228. The third kappa shape index (κ3) is 2.62. The number of aromatic nitrogens is 1. The van der Waals surface area contributed by atoms with Gasteiger partial charge in [-0.25, -0.2) is 0 Å². The maximum absolute atomic E-state index is 13.0. The van der Waals surface area contributed by atoms with Crippen LogP contribution in [0.1, 0.15) is 35.3 Å². The molecule has 112 valence electrons. The molecule has 0 bridgehead atoms. The Labute approximate surface area is 119 Å². The van der Waals surface area contributed by atoms with Gasteiger partial charge in [0.25, 0.3) is 5.91 Å². The number of amides is 1. The number of benzene rings is 1. The molecule has 0 saturated carbocycles. The maximum Gasteiger partial charge on any atom is 0.418 e. The number of aromatic amines is 1. The molecule has 6 heteroatoms. The SMILES string of the molecule is O=C(c1cc2cccc(C(F)(F)F)c2[nH]1)N1CCCCC1. The van der Waals surface area contributed by atoms with Crippen LogP contribution in [0.25, 0.3) is 10.9 Å². The molecule has 21 heavy (non-hydrogen) atoms. The number of hydrogen-bond donors (Lipinski definition) is 1.